The molecule has 4 atom stereocenters. The van der Waals surface area contributed by atoms with Gasteiger partial charge >= 0.3 is 0 Å². The SMILES string of the molecule is CC1(C)O[C@@H]2[C@@H](COCc3ccccc3)C[C@@H](n3cnc4c(N)ncnc43)[C@]2(C)O1. The molecular weight excluding hydrogens is 382 g/mol. The molecule has 2 N–H and O–H groups in total. The van der Waals surface area contributed by atoms with E-state index in [0.717, 1.165) is 12.0 Å². The summed E-state index contributed by atoms with van der Waals surface area (Å²) in [4.78, 5) is 12.9. The predicted molar refractivity (Wildman–Crippen MR) is 111 cm³/mol. The lowest BCUT2D eigenvalue weighted by molar-refractivity contribution is -0.176. The Balaban J connectivity index is 1.42. The van der Waals surface area contributed by atoms with Crippen molar-refractivity contribution in [2.45, 2.75) is 57.3 Å². The average Bonchev–Trinajstić information content (AvgIpc) is 3.31. The van der Waals surface area contributed by atoms with Crippen LogP contribution < -0.4 is 5.73 Å². The third-order valence-electron chi connectivity index (χ3n) is 6.22. The van der Waals surface area contributed by atoms with Gasteiger partial charge in [0.25, 0.3) is 0 Å². The highest BCUT2D eigenvalue weighted by Crippen LogP contribution is 2.54. The highest BCUT2D eigenvalue weighted by atomic mass is 16.8. The van der Waals surface area contributed by atoms with Crippen molar-refractivity contribution in [1.29, 1.82) is 0 Å². The second-order valence-corrected chi connectivity index (χ2v) is 8.82. The van der Waals surface area contributed by atoms with E-state index in [1.807, 2.05) is 32.0 Å². The van der Waals surface area contributed by atoms with E-state index in [-0.39, 0.29) is 18.1 Å². The van der Waals surface area contributed by atoms with Crippen molar-refractivity contribution in [2.75, 3.05) is 12.3 Å². The van der Waals surface area contributed by atoms with Crippen molar-refractivity contribution in [2.24, 2.45) is 5.92 Å². The van der Waals surface area contributed by atoms with Crippen molar-refractivity contribution < 1.29 is 14.2 Å². The molecule has 0 unspecified atom stereocenters. The van der Waals surface area contributed by atoms with Crippen LogP contribution in [-0.2, 0) is 20.8 Å². The van der Waals surface area contributed by atoms with E-state index in [2.05, 4.69) is 38.6 Å². The zero-order valence-electron chi connectivity index (χ0n) is 17.5. The van der Waals surface area contributed by atoms with Crippen molar-refractivity contribution in [1.82, 2.24) is 19.5 Å². The summed E-state index contributed by atoms with van der Waals surface area (Å²) in [7, 11) is 0. The van der Waals surface area contributed by atoms with Crippen molar-refractivity contribution in [3.05, 3.63) is 48.5 Å². The van der Waals surface area contributed by atoms with Crippen LogP contribution in [0.15, 0.2) is 43.0 Å². The molecule has 1 aliphatic heterocycles. The summed E-state index contributed by atoms with van der Waals surface area (Å²) >= 11 is 0. The van der Waals surface area contributed by atoms with Gasteiger partial charge in [0, 0.05) is 5.92 Å². The third kappa shape index (κ3) is 3.15. The van der Waals surface area contributed by atoms with Gasteiger partial charge in [-0.2, -0.15) is 0 Å². The Hall–Kier alpha value is -2.55. The molecule has 0 bridgehead atoms. The molecule has 8 nitrogen and oxygen atoms in total. The topological polar surface area (TPSA) is 97.3 Å². The number of nitrogen functional groups attached to an aromatic ring is 1. The minimum absolute atomic E-state index is 0.00565. The van der Waals surface area contributed by atoms with Crippen LogP contribution in [0.1, 0.15) is 38.8 Å². The number of anilines is 1. The number of hydrogen-bond donors (Lipinski definition) is 1. The number of rotatable bonds is 5. The number of benzene rings is 1. The van der Waals surface area contributed by atoms with Crippen LogP contribution >= 0.6 is 0 Å². The van der Waals surface area contributed by atoms with Gasteiger partial charge in [0.2, 0.25) is 0 Å². The summed E-state index contributed by atoms with van der Waals surface area (Å²) in [6, 6.07) is 10.2. The van der Waals surface area contributed by atoms with Crippen LogP contribution in [0.25, 0.3) is 11.2 Å². The highest BCUT2D eigenvalue weighted by Gasteiger charge is 2.62. The van der Waals surface area contributed by atoms with Crippen LogP contribution in [0.4, 0.5) is 5.82 Å². The number of ether oxygens (including phenoxy) is 3. The number of nitrogens with zero attached hydrogens (tertiary/aromatic N) is 4. The van der Waals surface area contributed by atoms with E-state index in [9.17, 15) is 0 Å². The lowest BCUT2D eigenvalue weighted by Crippen LogP contribution is -2.41. The summed E-state index contributed by atoms with van der Waals surface area (Å²) in [5.41, 5.74) is 7.95. The molecule has 5 rings (SSSR count). The third-order valence-corrected chi connectivity index (χ3v) is 6.22. The second kappa shape index (κ2) is 7.01. The molecule has 1 aliphatic carbocycles. The molecule has 3 heterocycles. The number of imidazole rings is 1. The fourth-order valence-corrected chi connectivity index (χ4v) is 5.05. The van der Waals surface area contributed by atoms with Gasteiger partial charge in [-0.1, -0.05) is 30.3 Å². The maximum Gasteiger partial charge on any atom is 0.165 e. The van der Waals surface area contributed by atoms with Crippen LogP contribution in [0.3, 0.4) is 0 Å². The monoisotopic (exact) mass is 409 g/mol. The Morgan fingerprint density at radius 1 is 1.17 bits per heavy atom. The quantitative estimate of drug-likeness (QED) is 0.691. The second-order valence-electron chi connectivity index (χ2n) is 8.82. The van der Waals surface area contributed by atoms with E-state index in [0.29, 0.717) is 30.2 Å². The van der Waals surface area contributed by atoms with Gasteiger partial charge in [-0.3, -0.25) is 0 Å². The molecule has 2 aliphatic rings. The summed E-state index contributed by atoms with van der Waals surface area (Å²) < 4.78 is 21.0. The molecule has 8 heteroatoms. The van der Waals surface area contributed by atoms with Gasteiger partial charge in [-0.15, -0.1) is 0 Å². The number of fused-ring (bicyclic) bond motifs is 2. The lowest BCUT2D eigenvalue weighted by atomic mass is 9.96. The Morgan fingerprint density at radius 2 is 1.97 bits per heavy atom. The molecule has 1 saturated heterocycles. The first-order valence-electron chi connectivity index (χ1n) is 10.3. The fourth-order valence-electron chi connectivity index (χ4n) is 5.05. The molecule has 0 spiro atoms. The highest BCUT2D eigenvalue weighted by molar-refractivity contribution is 5.81. The van der Waals surface area contributed by atoms with Gasteiger partial charge in [0.15, 0.2) is 17.3 Å². The zero-order valence-corrected chi connectivity index (χ0v) is 17.5. The minimum Gasteiger partial charge on any atom is -0.382 e. The molecule has 2 aromatic heterocycles. The molecule has 2 fully saturated rings. The van der Waals surface area contributed by atoms with Gasteiger partial charge in [0.05, 0.1) is 31.7 Å². The van der Waals surface area contributed by atoms with Crippen LogP contribution in [0.5, 0.6) is 0 Å². The standard InChI is InChI=1S/C22H27N5O3/c1-21(2)29-18-15(11-28-10-14-7-5-4-6-8-14)9-16(22(18,3)30-21)27-13-26-17-19(23)24-12-25-20(17)27/h4-8,12-13,15-16,18H,9-11H2,1-3H3,(H2,23,24,25)/t15-,16-,18-,22+/m1/s1. The van der Waals surface area contributed by atoms with Crippen LogP contribution in [-0.4, -0.2) is 43.6 Å². The Labute approximate surface area is 175 Å². The first-order chi connectivity index (χ1) is 14.4. The Morgan fingerprint density at radius 3 is 2.77 bits per heavy atom. The van der Waals surface area contributed by atoms with Gasteiger partial charge in [0.1, 0.15) is 17.4 Å². The molecule has 1 saturated carbocycles. The average molecular weight is 409 g/mol. The molecule has 1 aromatic carbocycles. The molecule has 0 amide bonds. The number of hydrogen-bond acceptors (Lipinski definition) is 7. The predicted octanol–water partition coefficient (Wildman–Crippen LogP) is 3.10. The molecule has 158 valence electrons. The summed E-state index contributed by atoms with van der Waals surface area (Å²) in [5.74, 6) is -0.104. The first-order valence-corrected chi connectivity index (χ1v) is 10.3. The summed E-state index contributed by atoms with van der Waals surface area (Å²) in [5, 5.41) is 0. The minimum atomic E-state index is -0.667. The van der Waals surface area contributed by atoms with E-state index in [1.54, 1.807) is 6.33 Å². The zero-order chi connectivity index (χ0) is 20.9. The van der Waals surface area contributed by atoms with Crippen molar-refractivity contribution in [3.63, 3.8) is 0 Å². The van der Waals surface area contributed by atoms with E-state index < -0.39 is 11.4 Å². The van der Waals surface area contributed by atoms with E-state index in [4.69, 9.17) is 19.9 Å². The first kappa shape index (κ1) is 19.4. The van der Waals surface area contributed by atoms with Crippen LogP contribution in [0, 0.1) is 5.92 Å². The van der Waals surface area contributed by atoms with E-state index in [1.165, 1.54) is 6.33 Å². The molecule has 0 radical (unpaired) electrons. The van der Waals surface area contributed by atoms with Crippen LogP contribution in [0.2, 0.25) is 0 Å². The molecular formula is C22H27N5O3. The fraction of sp³-hybridized carbons (Fsp3) is 0.500. The van der Waals surface area contributed by atoms with E-state index >= 15 is 0 Å². The van der Waals surface area contributed by atoms with Crippen molar-refractivity contribution >= 4 is 17.0 Å². The molecule has 30 heavy (non-hydrogen) atoms. The normalized spacial score (nSPS) is 30.0. The maximum atomic E-state index is 6.47. The Bertz CT molecular complexity index is 1050. The number of aromatic nitrogens is 4. The maximum absolute atomic E-state index is 6.47. The number of nitrogens with two attached hydrogens (primary N) is 1. The van der Waals surface area contributed by atoms with Crippen molar-refractivity contribution in [3.8, 4) is 0 Å². The summed E-state index contributed by atoms with van der Waals surface area (Å²) in [6.07, 6.45) is 4.00. The largest absolute Gasteiger partial charge is 0.382 e. The van der Waals surface area contributed by atoms with Gasteiger partial charge < -0.3 is 24.5 Å². The molecule has 3 aromatic rings. The smallest absolute Gasteiger partial charge is 0.165 e. The summed E-state index contributed by atoms with van der Waals surface area (Å²) in [6.45, 7) is 7.20. The Kier molecular flexibility index (Phi) is 4.53. The lowest BCUT2D eigenvalue weighted by Gasteiger charge is -2.31. The van der Waals surface area contributed by atoms with Gasteiger partial charge in [-0.05, 0) is 32.8 Å². The van der Waals surface area contributed by atoms with Gasteiger partial charge in [-0.25, -0.2) is 15.0 Å².